The van der Waals surface area contributed by atoms with E-state index in [-0.39, 0.29) is 12.2 Å². The molecule has 0 radical (unpaired) electrons. The van der Waals surface area contributed by atoms with Gasteiger partial charge in [-0.15, -0.1) is 0 Å². The van der Waals surface area contributed by atoms with E-state index in [2.05, 4.69) is 20.9 Å². The van der Waals surface area contributed by atoms with Gasteiger partial charge in [0, 0.05) is 4.47 Å². The molecule has 7 heteroatoms. The summed E-state index contributed by atoms with van der Waals surface area (Å²) in [6.45, 7) is 3.79. The maximum absolute atomic E-state index is 13.4. The second-order valence-corrected chi connectivity index (χ2v) is 9.09. The molecule has 5 nitrogen and oxygen atoms in total. The van der Waals surface area contributed by atoms with Crippen molar-refractivity contribution in [1.82, 2.24) is 4.57 Å². The number of rotatable bonds is 5. The van der Waals surface area contributed by atoms with Crippen molar-refractivity contribution >= 4 is 45.4 Å². The first-order valence-corrected chi connectivity index (χ1v) is 11.8. The van der Waals surface area contributed by atoms with E-state index in [0.29, 0.717) is 20.6 Å². The Morgan fingerprint density at radius 2 is 1.94 bits per heavy atom. The average molecular weight is 509 g/mol. The lowest BCUT2D eigenvalue weighted by Crippen LogP contribution is -2.38. The van der Waals surface area contributed by atoms with Gasteiger partial charge in [0.05, 0.1) is 28.5 Å². The van der Waals surface area contributed by atoms with E-state index in [1.165, 1.54) is 11.3 Å². The van der Waals surface area contributed by atoms with Gasteiger partial charge in [0.25, 0.3) is 5.56 Å². The average Bonchev–Trinajstić information content (AvgIpc) is 3.07. The molecule has 0 saturated carbocycles. The SMILES string of the molecule is CCOC(=O)C1=C(C)N=c2s/c(=C/c3cccc(Br)c3)c(=O)n2C1/C=C\c1ccccc1. The van der Waals surface area contributed by atoms with Crippen molar-refractivity contribution in [1.29, 1.82) is 0 Å². The number of esters is 1. The van der Waals surface area contributed by atoms with Gasteiger partial charge in [0.1, 0.15) is 0 Å². The van der Waals surface area contributed by atoms with Crippen LogP contribution >= 0.6 is 27.3 Å². The lowest BCUT2D eigenvalue weighted by atomic mass is 10.0. The summed E-state index contributed by atoms with van der Waals surface area (Å²) in [7, 11) is 0. The Kier molecular flexibility index (Phi) is 6.67. The minimum Gasteiger partial charge on any atom is -0.463 e. The fourth-order valence-corrected chi connectivity index (χ4v) is 5.00. The van der Waals surface area contributed by atoms with Gasteiger partial charge >= 0.3 is 5.97 Å². The zero-order valence-corrected chi connectivity index (χ0v) is 20.0. The van der Waals surface area contributed by atoms with Gasteiger partial charge in [0.2, 0.25) is 0 Å². The molecule has 0 fully saturated rings. The Hall–Kier alpha value is -3.03. The second kappa shape index (κ2) is 9.63. The third-order valence-corrected chi connectivity index (χ3v) is 6.45. The molecule has 1 aliphatic rings. The van der Waals surface area contributed by atoms with Crippen molar-refractivity contribution in [2.75, 3.05) is 6.61 Å². The number of carbonyl (C=O) groups excluding carboxylic acids is 1. The molecular weight excluding hydrogens is 488 g/mol. The van der Waals surface area contributed by atoms with E-state index in [1.54, 1.807) is 18.4 Å². The molecule has 1 aliphatic heterocycles. The molecule has 4 rings (SSSR count). The van der Waals surface area contributed by atoms with Crippen LogP contribution in [0.2, 0.25) is 0 Å². The fourth-order valence-electron chi connectivity index (χ4n) is 3.53. The molecule has 0 spiro atoms. The van der Waals surface area contributed by atoms with Crippen molar-refractivity contribution in [3.8, 4) is 0 Å². The van der Waals surface area contributed by atoms with E-state index in [0.717, 1.165) is 15.6 Å². The fraction of sp³-hybridized carbons (Fsp3) is 0.160. The summed E-state index contributed by atoms with van der Waals surface area (Å²) < 4.78 is 8.35. The van der Waals surface area contributed by atoms with Crippen LogP contribution in [0.15, 0.2) is 86.2 Å². The van der Waals surface area contributed by atoms with Gasteiger partial charge in [-0.05, 0) is 43.2 Å². The highest BCUT2D eigenvalue weighted by molar-refractivity contribution is 9.10. The number of hydrogen-bond acceptors (Lipinski definition) is 5. The first-order chi connectivity index (χ1) is 15.5. The maximum Gasteiger partial charge on any atom is 0.338 e. The Labute approximate surface area is 197 Å². The van der Waals surface area contributed by atoms with Crippen LogP contribution in [0, 0.1) is 0 Å². The van der Waals surface area contributed by atoms with Gasteiger partial charge in [-0.3, -0.25) is 9.36 Å². The number of nitrogens with zero attached hydrogens (tertiary/aromatic N) is 2. The summed E-state index contributed by atoms with van der Waals surface area (Å²) in [6.07, 6.45) is 5.62. The van der Waals surface area contributed by atoms with Crippen LogP contribution in [0.4, 0.5) is 0 Å². The number of allylic oxidation sites excluding steroid dienone is 2. The summed E-state index contributed by atoms with van der Waals surface area (Å²) in [5.74, 6) is -0.460. The number of halogens is 1. The second-order valence-electron chi connectivity index (χ2n) is 7.17. The Morgan fingerprint density at radius 1 is 1.19 bits per heavy atom. The largest absolute Gasteiger partial charge is 0.463 e. The standard InChI is InChI=1S/C25H21BrN2O3S/c1-3-31-24(30)22-16(2)27-25-28(20(22)13-12-17-8-5-4-6-9-17)23(29)21(32-25)15-18-10-7-11-19(26)14-18/h4-15,20H,3H2,1-2H3/b13-12-,21-15+. The molecule has 0 amide bonds. The third kappa shape index (κ3) is 4.59. The third-order valence-electron chi connectivity index (χ3n) is 4.98. The van der Waals surface area contributed by atoms with Crippen LogP contribution in [0.5, 0.6) is 0 Å². The molecular formula is C25H21BrN2O3S. The predicted octanol–water partition coefficient (Wildman–Crippen LogP) is 4.23. The molecule has 0 N–H and O–H groups in total. The number of ether oxygens (including phenoxy) is 1. The molecule has 0 bridgehead atoms. The van der Waals surface area contributed by atoms with E-state index >= 15 is 0 Å². The summed E-state index contributed by atoms with van der Waals surface area (Å²) in [5, 5.41) is 0. The minimum absolute atomic E-state index is 0.189. The van der Waals surface area contributed by atoms with Gasteiger partial charge < -0.3 is 4.74 Å². The van der Waals surface area contributed by atoms with Crippen molar-refractivity contribution in [2.45, 2.75) is 19.9 Å². The highest BCUT2D eigenvalue weighted by Gasteiger charge is 2.30. The number of fused-ring (bicyclic) bond motifs is 1. The zero-order chi connectivity index (χ0) is 22.7. The van der Waals surface area contributed by atoms with Gasteiger partial charge in [-0.25, -0.2) is 9.79 Å². The number of aromatic nitrogens is 1. The first kappa shape index (κ1) is 22.2. The summed E-state index contributed by atoms with van der Waals surface area (Å²) in [5.41, 5.74) is 2.62. The highest BCUT2D eigenvalue weighted by atomic mass is 79.9. The van der Waals surface area contributed by atoms with Crippen LogP contribution in [-0.2, 0) is 9.53 Å². The quantitative estimate of drug-likeness (QED) is 0.484. The Balaban J connectivity index is 1.88. The van der Waals surface area contributed by atoms with Crippen molar-refractivity contribution in [3.05, 3.63) is 107 Å². The van der Waals surface area contributed by atoms with Crippen molar-refractivity contribution in [2.24, 2.45) is 4.99 Å². The number of thiazole rings is 1. The highest BCUT2D eigenvalue weighted by Crippen LogP contribution is 2.26. The molecule has 0 aliphatic carbocycles. The van der Waals surface area contributed by atoms with E-state index in [1.807, 2.05) is 72.8 Å². The predicted molar refractivity (Wildman–Crippen MR) is 131 cm³/mol. The number of carbonyl (C=O) groups is 1. The smallest absolute Gasteiger partial charge is 0.338 e. The van der Waals surface area contributed by atoms with Gasteiger partial charge in [-0.1, -0.05) is 81.9 Å². The lowest BCUT2D eigenvalue weighted by Gasteiger charge is -2.21. The van der Waals surface area contributed by atoms with E-state index < -0.39 is 12.0 Å². The van der Waals surface area contributed by atoms with Crippen LogP contribution < -0.4 is 14.9 Å². The maximum atomic E-state index is 13.4. The lowest BCUT2D eigenvalue weighted by molar-refractivity contribution is -0.139. The number of hydrogen-bond donors (Lipinski definition) is 0. The first-order valence-electron chi connectivity index (χ1n) is 10.2. The van der Waals surface area contributed by atoms with Crippen LogP contribution in [0.1, 0.15) is 31.0 Å². The monoisotopic (exact) mass is 508 g/mol. The Bertz CT molecular complexity index is 1400. The molecule has 1 aromatic heterocycles. The topological polar surface area (TPSA) is 60.7 Å². The number of benzene rings is 2. The van der Waals surface area contributed by atoms with E-state index in [4.69, 9.17) is 4.74 Å². The molecule has 0 saturated heterocycles. The summed E-state index contributed by atoms with van der Waals surface area (Å²) in [4.78, 5) is 31.3. The molecule has 32 heavy (non-hydrogen) atoms. The van der Waals surface area contributed by atoms with Gasteiger partial charge in [0.15, 0.2) is 4.80 Å². The molecule has 162 valence electrons. The molecule has 1 atom stereocenters. The van der Waals surface area contributed by atoms with Crippen molar-refractivity contribution in [3.63, 3.8) is 0 Å². The molecule has 2 aromatic carbocycles. The molecule has 2 heterocycles. The van der Waals surface area contributed by atoms with Gasteiger partial charge in [-0.2, -0.15) is 0 Å². The summed E-state index contributed by atoms with van der Waals surface area (Å²) >= 11 is 4.78. The van der Waals surface area contributed by atoms with Crippen LogP contribution in [0.25, 0.3) is 12.2 Å². The minimum atomic E-state index is -0.602. The molecule has 1 unspecified atom stereocenters. The summed E-state index contributed by atoms with van der Waals surface area (Å²) in [6, 6.07) is 16.9. The van der Waals surface area contributed by atoms with Crippen LogP contribution in [-0.4, -0.2) is 17.1 Å². The zero-order valence-electron chi connectivity index (χ0n) is 17.6. The van der Waals surface area contributed by atoms with Crippen LogP contribution in [0.3, 0.4) is 0 Å². The van der Waals surface area contributed by atoms with E-state index in [9.17, 15) is 9.59 Å². The Morgan fingerprint density at radius 3 is 2.66 bits per heavy atom. The van der Waals surface area contributed by atoms with Crippen molar-refractivity contribution < 1.29 is 9.53 Å². The normalized spacial score (nSPS) is 16.2. The molecule has 3 aromatic rings.